The number of nitrogens with one attached hydrogen (secondary N) is 1. The van der Waals surface area contributed by atoms with Crippen LogP contribution in [-0.4, -0.2) is 63.9 Å². The highest BCUT2D eigenvalue weighted by Crippen LogP contribution is 2.21. The molecule has 11 heteroatoms. The van der Waals surface area contributed by atoms with E-state index in [1.165, 1.54) is 21.1 Å². The van der Waals surface area contributed by atoms with Crippen molar-refractivity contribution in [2.75, 3.05) is 24.7 Å². The Morgan fingerprint density at radius 3 is 2.91 bits per heavy atom. The van der Waals surface area contributed by atoms with Gasteiger partial charge >= 0.3 is 0 Å². The number of fused-ring (bicyclic) bond motifs is 1. The fraction of sp³-hybridized carbons (Fsp3) is 0.500. The van der Waals surface area contributed by atoms with Crippen LogP contribution >= 0.6 is 15.9 Å². The summed E-state index contributed by atoms with van der Waals surface area (Å²) >= 11 is 3.20. The summed E-state index contributed by atoms with van der Waals surface area (Å²) in [6, 6.07) is 0.900. The first-order chi connectivity index (χ1) is 10.8. The summed E-state index contributed by atoms with van der Waals surface area (Å²) in [5, 5.41) is 17.3. The maximum Gasteiger partial charge on any atom is 0.241 e. The minimum absolute atomic E-state index is 0.0145. The monoisotopic (exact) mass is 407 g/mol. The average Bonchev–Trinajstić information content (AvgIpc) is 2.75. The molecule has 0 radical (unpaired) electrons. The van der Waals surface area contributed by atoms with Gasteiger partial charge in [-0.05, 0) is 22.4 Å². The summed E-state index contributed by atoms with van der Waals surface area (Å²) in [5.41, 5.74) is 0.231. The molecule has 2 atom stereocenters. The molecule has 23 heavy (non-hydrogen) atoms. The molecule has 0 aromatic carbocycles. The van der Waals surface area contributed by atoms with Crippen LogP contribution in [0.5, 0.6) is 0 Å². The van der Waals surface area contributed by atoms with Crippen LogP contribution in [0.15, 0.2) is 16.9 Å². The molecule has 2 aromatic heterocycles. The van der Waals surface area contributed by atoms with E-state index in [2.05, 4.69) is 31.3 Å². The molecule has 0 unspecified atom stereocenters. The molecule has 1 saturated heterocycles. The zero-order valence-electron chi connectivity index (χ0n) is 12.1. The molecule has 0 saturated carbocycles. The second-order valence-corrected chi connectivity index (χ2v) is 8.22. The molecule has 0 aliphatic carbocycles. The molecule has 0 bridgehead atoms. The number of nitrogens with zero attached hydrogens (tertiary/aromatic N) is 4. The van der Waals surface area contributed by atoms with Gasteiger partial charge in [-0.1, -0.05) is 0 Å². The predicted molar refractivity (Wildman–Crippen MR) is 85.1 cm³/mol. The lowest BCUT2D eigenvalue weighted by molar-refractivity contribution is 0.0950. The molecule has 0 spiro atoms. The Morgan fingerprint density at radius 2 is 2.26 bits per heavy atom. The second kappa shape index (κ2) is 5.96. The van der Waals surface area contributed by atoms with Crippen molar-refractivity contribution in [3.8, 4) is 0 Å². The number of anilines is 1. The molecule has 0 amide bonds. The number of aliphatic hydroxyl groups excluding tert-OH is 1. The van der Waals surface area contributed by atoms with Gasteiger partial charge in [-0.15, -0.1) is 5.10 Å². The lowest BCUT2D eigenvalue weighted by Crippen LogP contribution is -2.51. The molecular formula is C12H15BrFN5O3S. The molecule has 8 nitrogen and oxygen atoms in total. The van der Waals surface area contributed by atoms with Crippen LogP contribution in [0.2, 0.25) is 0 Å². The van der Waals surface area contributed by atoms with Gasteiger partial charge in [0, 0.05) is 19.2 Å². The number of aliphatic hydroxyl groups is 1. The maximum absolute atomic E-state index is 13.6. The van der Waals surface area contributed by atoms with Gasteiger partial charge < -0.3 is 10.4 Å². The van der Waals surface area contributed by atoms with Crippen LogP contribution in [-0.2, 0) is 10.0 Å². The van der Waals surface area contributed by atoms with E-state index in [9.17, 15) is 17.9 Å². The Kier molecular flexibility index (Phi) is 4.29. The van der Waals surface area contributed by atoms with Crippen molar-refractivity contribution >= 4 is 37.4 Å². The Balaban J connectivity index is 1.76. The highest BCUT2D eigenvalue weighted by atomic mass is 79.9. The third-order valence-corrected chi connectivity index (χ3v) is 5.59. The molecule has 126 valence electrons. The van der Waals surface area contributed by atoms with Gasteiger partial charge in [-0.25, -0.2) is 22.3 Å². The van der Waals surface area contributed by atoms with E-state index < -0.39 is 21.9 Å². The standard InChI is InChI=1S/C12H15BrFN5O3S/c1-23(21,22)18-3-2-8(10(20)6-18)16-12-15-5-9-7(14)4-11(13)19(9)17-12/h4-5,8,10,20H,2-3,6H2,1H3,(H,16,17)/t8-,10-/m1/s1. The largest absolute Gasteiger partial charge is 0.390 e. The van der Waals surface area contributed by atoms with E-state index in [0.717, 1.165) is 6.26 Å². The molecule has 1 aliphatic rings. The van der Waals surface area contributed by atoms with Gasteiger partial charge in [0.1, 0.15) is 10.1 Å². The summed E-state index contributed by atoms with van der Waals surface area (Å²) in [6.07, 6.45) is 1.98. The maximum atomic E-state index is 13.6. The highest BCUT2D eigenvalue weighted by molar-refractivity contribution is 9.10. The van der Waals surface area contributed by atoms with Gasteiger partial charge in [0.25, 0.3) is 0 Å². The summed E-state index contributed by atoms with van der Waals surface area (Å²) in [5.74, 6) is -0.212. The van der Waals surface area contributed by atoms with Crippen molar-refractivity contribution in [1.29, 1.82) is 0 Å². The van der Waals surface area contributed by atoms with E-state index in [4.69, 9.17) is 0 Å². The van der Waals surface area contributed by atoms with E-state index in [1.807, 2.05) is 0 Å². The molecule has 3 heterocycles. The minimum Gasteiger partial charge on any atom is -0.390 e. The van der Waals surface area contributed by atoms with Crippen LogP contribution in [0.25, 0.3) is 5.52 Å². The fourth-order valence-electron chi connectivity index (χ4n) is 2.52. The Labute approximate surface area is 140 Å². The summed E-state index contributed by atoms with van der Waals surface area (Å²) in [7, 11) is -3.32. The SMILES string of the molecule is CS(=O)(=O)N1CC[C@@H](Nc2ncc3c(F)cc(Br)n3n2)[C@H](O)C1. The Morgan fingerprint density at radius 1 is 1.52 bits per heavy atom. The van der Waals surface area contributed by atoms with E-state index >= 15 is 0 Å². The summed E-state index contributed by atoms with van der Waals surface area (Å²) in [6.45, 7) is 0.318. The second-order valence-electron chi connectivity index (χ2n) is 5.42. The number of aromatic nitrogens is 3. The van der Waals surface area contributed by atoms with Crippen molar-refractivity contribution in [2.45, 2.75) is 18.6 Å². The smallest absolute Gasteiger partial charge is 0.241 e. The van der Waals surface area contributed by atoms with Gasteiger partial charge in [-0.2, -0.15) is 4.31 Å². The zero-order chi connectivity index (χ0) is 16.8. The van der Waals surface area contributed by atoms with Crippen molar-refractivity contribution in [3.63, 3.8) is 0 Å². The molecule has 1 aliphatic heterocycles. The summed E-state index contributed by atoms with van der Waals surface area (Å²) < 4.78 is 39.6. The van der Waals surface area contributed by atoms with Crippen LogP contribution in [0.1, 0.15) is 6.42 Å². The first kappa shape index (κ1) is 16.6. The third-order valence-electron chi connectivity index (χ3n) is 3.75. The summed E-state index contributed by atoms with van der Waals surface area (Å²) in [4.78, 5) is 4.03. The molecular weight excluding hydrogens is 393 g/mol. The number of hydrogen-bond donors (Lipinski definition) is 2. The highest BCUT2D eigenvalue weighted by Gasteiger charge is 2.32. The van der Waals surface area contributed by atoms with Crippen molar-refractivity contribution in [3.05, 3.63) is 22.7 Å². The van der Waals surface area contributed by atoms with Crippen molar-refractivity contribution < 1.29 is 17.9 Å². The average molecular weight is 408 g/mol. The topological polar surface area (TPSA) is 99.8 Å². The lowest BCUT2D eigenvalue weighted by Gasteiger charge is -2.34. The van der Waals surface area contributed by atoms with E-state index in [1.54, 1.807) is 0 Å². The lowest BCUT2D eigenvalue weighted by atomic mass is 10.0. The number of halogens is 2. The molecule has 1 fully saturated rings. The number of hydrogen-bond acceptors (Lipinski definition) is 6. The van der Waals surface area contributed by atoms with Gasteiger partial charge in [0.2, 0.25) is 16.0 Å². The van der Waals surface area contributed by atoms with Gasteiger partial charge in [0.05, 0.1) is 24.6 Å². The van der Waals surface area contributed by atoms with Crippen LogP contribution in [0.3, 0.4) is 0 Å². The third kappa shape index (κ3) is 3.32. The minimum atomic E-state index is -3.32. The number of rotatable bonds is 3. The Bertz CT molecular complexity index is 843. The quantitative estimate of drug-likeness (QED) is 0.765. The van der Waals surface area contributed by atoms with E-state index in [-0.39, 0.29) is 24.1 Å². The number of β-amino-alcohol motifs (C(OH)–C–C–N with tert-alkyl or cyclic N) is 1. The van der Waals surface area contributed by atoms with Crippen molar-refractivity contribution in [2.24, 2.45) is 0 Å². The molecule has 3 rings (SSSR count). The first-order valence-corrected chi connectivity index (χ1v) is 9.49. The fourth-order valence-corrected chi connectivity index (χ4v) is 3.85. The zero-order valence-corrected chi connectivity index (χ0v) is 14.5. The van der Waals surface area contributed by atoms with Crippen LogP contribution in [0.4, 0.5) is 10.3 Å². The normalized spacial score (nSPS) is 23.3. The van der Waals surface area contributed by atoms with Gasteiger partial charge in [-0.3, -0.25) is 0 Å². The number of piperidine rings is 1. The number of sulfonamides is 1. The van der Waals surface area contributed by atoms with Crippen LogP contribution in [0, 0.1) is 5.82 Å². The molecule has 2 N–H and O–H groups in total. The molecule has 2 aromatic rings. The van der Waals surface area contributed by atoms with Crippen molar-refractivity contribution in [1.82, 2.24) is 18.9 Å². The predicted octanol–water partition coefficient (Wildman–Crippen LogP) is 0.438. The Hall–Kier alpha value is -1.30. The first-order valence-electron chi connectivity index (χ1n) is 6.85. The van der Waals surface area contributed by atoms with Crippen LogP contribution < -0.4 is 5.32 Å². The van der Waals surface area contributed by atoms with Gasteiger partial charge in [0.15, 0.2) is 5.82 Å². The van der Waals surface area contributed by atoms with E-state index in [0.29, 0.717) is 17.6 Å².